The Labute approximate surface area is 174 Å². The molecule has 0 fully saturated rings. The van der Waals surface area contributed by atoms with Crippen LogP contribution < -0.4 is 0 Å². The van der Waals surface area contributed by atoms with Crippen LogP contribution >= 0.6 is 46.4 Å². The molecular weight excluding hydrogens is 434 g/mol. The number of halogens is 4. The Balaban J connectivity index is 0.000000208. The Morgan fingerprint density at radius 2 is 1.22 bits per heavy atom. The molecule has 1 N–H and O–H groups in total. The van der Waals surface area contributed by atoms with Crippen molar-refractivity contribution in [3.8, 4) is 0 Å². The highest BCUT2D eigenvalue weighted by Gasteiger charge is 2.10. The van der Waals surface area contributed by atoms with Gasteiger partial charge in [-0.05, 0) is 12.1 Å². The molecule has 2 aromatic heterocycles. The van der Waals surface area contributed by atoms with Gasteiger partial charge in [0.25, 0.3) is 0 Å². The van der Waals surface area contributed by atoms with Crippen LogP contribution in [0.5, 0.6) is 0 Å². The molecule has 5 nitrogen and oxygen atoms in total. The van der Waals surface area contributed by atoms with Crippen LogP contribution in [-0.2, 0) is 0 Å². The molecule has 0 aliphatic rings. The van der Waals surface area contributed by atoms with Gasteiger partial charge in [0.05, 0.1) is 15.6 Å². The van der Waals surface area contributed by atoms with Crippen molar-refractivity contribution in [3.05, 3.63) is 91.9 Å². The number of nitrogens with zero attached hydrogens (tertiary/aromatic N) is 2. The van der Waals surface area contributed by atoms with Gasteiger partial charge in [-0.1, -0.05) is 76.7 Å². The van der Waals surface area contributed by atoms with Crippen molar-refractivity contribution < 1.29 is 14.7 Å². The SMILES string of the molecule is O=C(O)c1cnc(Cl)c(Cl)c1.O=C(c1ccccc1)c1cnc(Cl)c(Cl)c1. The van der Waals surface area contributed by atoms with E-state index in [9.17, 15) is 9.59 Å². The zero-order valence-electron chi connectivity index (χ0n) is 13.4. The van der Waals surface area contributed by atoms with Crippen LogP contribution in [0.1, 0.15) is 26.3 Å². The van der Waals surface area contributed by atoms with E-state index in [-0.39, 0.29) is 31.7 Å². The minimum Gasteiger partial charge on any atom is -0.478 e. The normalized spacial score (nSPS) is 9.93. The fourth-order valence-electron chi connectivity index (χ4n) is 1.84. The van der Waals surface area contributed by atoms with Crippen LogP contribution in [0.4, 0.5) is 0 Å². The number of hydrogen-bond acceptors (Lipinski definition) is 4. The molecule has 3 rings (SSSR count). The Morgan fingerprint density at radius 3 is 1.70 bits per heavy atom. The van der Waals surface area contributed by atoms with Crippen molar-refractivity contribution in [1.82, 2.24) is 9.97 Å². The first-order valence-corrected chi connectivity index (χ1v) is 8.76. The highest BCUT2D eigenvalue weighted by atomic mass is 35.5. The standard InChI is InChI=1S/C12H7Cl2NO.C6H3Cl2NO2/c13-10-6-9(7-15-12(10)14)11(16)8-4-2-1-3-5-8;7-4-1-3(6(10)11)2-9-5(4)8/h1-7H;1-2H,(H,10,11). The molecular formula is C18H10Cl4N2O3. The first kappa shape index (κ1) is 21.1. The van der Waals surface area contributed by atoms with Crippen molar-refractivity contribution in [1.29, 1.82) is 0 Å². The lowest BCUT2D eigenvalue weighted by Gasteiger charge is -2.01. The highest BCUT2D eigenvalue weighted by Crippen LogP contribution is 2.21. The monoisotopic (exact) mass is 442 g/mol. The molecule has 138 valence electrons. The third-order valence-electron chi connectivity index (χ3n) is 3.14. The summed E-state index contributed by atoms with van der Waals surface area (Å²) in [4.78, 5) is 29.7. The molecule has 3 aromatic rings. The summed E-state index contributed by atoms with van der Waals surface area (Å²) in [5.41, 5.74) is 1.06. The summed E-state index contributed by atoms with van der Waals surface area (Å²) in [6.45, 7) is 0. The number of rotatable bonds is 3. The maximum Gasteiger partial charge on any atom is 0.337 e. The molecule has 0 saturated heterocycles. The van der Waals surface area contributed by atoms with E-state index in [1.165, 1.54) is 18.3 Å². The van der Waals surface area contributed by atoms with Gasteiger partial charge in [-0.15, -0.1) is 0 Å². The molecule has 0 amide bonds. The number of carboxylic acid groups (broad SMARTS) is 1. The van der Waals surface area contributed by atoms with Crippen LogP contribution in [-0.4, -0.2) is 26.8 Å². The lowest BCUT2D eigenvalue weighted by Crippen LogP contribution is -2.01. The minimum absolute atomic E-state index is 0.0272. The van der Waals surface area contributed by atoms with Crippen molar-refractivity contribution in [2.24, 2.45) is 0 Å². The molecule has 0 spiro atoms. The molecule has 0 aliphatic heterocycles. The Morgan fingerprint density at radius 1 is 0.741 bits per heavy atom. The zero-order chi connectivity index (χ0) is 20.0. The second-order valence-electron chi connectivity index (χ2n) is 4.99. The third-order valence-corrected chi connectivity index (χ3v) is 4.51. The molecule has 27 heavy (non-hydrogen) atoms. The topological polar surface area (TPSA) is 80.1 Å². The van der Waals surface area contributed by atoms with E-state index < -0.39 is 5.97 Å². The number of benzene rings is 1. The fourth-order valence-corrected chi connectivity index (χ4v) is 2.38. The van der Waals surface area contributed by atoms with E-state index in [1.807, 2.05) is 6.07 Å². The molecule has 2 heterocycles. The summed E-state index contributed by atoms with van der Waals surface area (Å²) >= 11 is 22.4. The average molecular weight is 444 g/mol. The number of carbonyl (C=O) groups excluding carboxylic acids is 1. The molecule has 0 bridgehead atoms. The predicted molar refractivity (Wildman–Crippen MR) is 105 cm³/mol. The number of aromatic nitrogens is 2. The van der Waals surface area contributed by atoms with Gasteiger partial charge in [-0.3, -0.25) is 4.79 Å². The number of ketones is 1. The second kappa shape index (κ2) is 9.67. The summed E-state index contributed by atoms with van der Waals surface area (Å²) in [7, 11) is 0. The number of aromatic carboxylic acids is 1. The van der Waals surface area contributed by atoms with E-state index in [0.29, 0.717) is 11.1 Å². The Bertz CT molecular complexity index is 982. The van der Waals surface area contributed by atoms with Crippen LogP contribution in [0, 0.1) is 0 Å². The summed E-state index contributed by atoms with van der Waals surface area (Å²) in [5.74, 6) is -1.19. The zero-order valence-corrected chi connectivity index (χ0v) is 16.4. The lowest BCUT2D eigenvalue weighted by atomic mass is 10.1. The molecule has 0 saturated carbocycles. The Hall–Kier alpha value is -2.18. The van der Waals surface area contributed by atoms with E-state index >= 15 is 0 Å². The van der Waals surface area contributed by atoms with Gasteiger partial charge < -0.3 is 5.11 Å². The van der Waals surface area contributed by atoms with E-state index in [2.05, 4.69) is 9.97 Å². The van der Waals surface area contributed by atoms with Gasteiger partial charge in [-0.2, -0.15) is 0 Å². The number of pyridine rings is 2. The van der Waals surface area contributed by atoms with Crippen molar-refractivity contribution >= 4 is 58.2 Å². The van der Waals surface area contributed by atoms with Gasteiger partial charge in [0, 0.05) is 23.5 Å². The fraction of sp³-hybridized carbons (Fsp3) is 0. The number of hydrogen-bond donors (Lipinski definition) is 1. The summed E-state index contributed by atoms with van der Waals surface area (Å²) in [5, 5.41) is 9.19. The number of carbonyl (C=O) groups is 2. The highest BCUT2D eigenvalue weighted by molar-refractivity contribution is 6.41. The van der Waals surface area contributed by atoms with E-state index in [0.717, 1.165) is 6.20 Å². The number of carboxylic acids is 1. The summed E-state index contributed by atoms with van der Waals surface area (Å²) in [6.07, 6.45) is 2.57. The van der Waals surface area contributed by atoms with Gasteiger partial charge in [-0.25, -0.2) is 14.8 Å². The average Bonchev–Trinajstić information content (AvgIpc) is 2.66. The van der Waals surface area contributed by atoms with Crippen LogP contribution in [0.3, 0.4) is 0 Å². The quantitative estimate of drug-likeness (QED) is 0.414. The Kier molecular flexibility index (Phi) is 7.56. The maximum atomic E-state index is 12.0. The smallest absolute Gasteiger partial charge is 0.337 e. The van der Waals surface area contributed by atoms with Gasteiger partial charge in [0.1, 0.15) is 10.3 Å². The summed E-state index contributed by atoms with van der Waals surface area (Å²) < 4.78 is 0. The maximum absolute atomic E-state index is 12.0. The van der Waals surface area contributed by atoms with Crippen molar-refractivity contribution in [2.75, 3.05) is 0 Å². The van der Waals surface area contributed by atoms with Crippen LogP contribution in [0.15, 0.2) is 54.9 Å². The van der Waals surface area contributed by atoms with Crippen molar-refractivity contribution in [2.45, 2.75) is 0 Å². The van der Waals surface area contributed by atoms with Gasteiger partial charge in [0.15, 0.2) is 5.78 Å². The molecule has 0 aliphatic carbocycles. The molecule has 1 aromatic carbocycles. The van der Waals surface area contributed by atoms with Gasteiger partial charge in [0.2, 0.25) is 0 Å². The van der Waals surface area contributed by atoms with Crippen molar-refractivity contribution in [3.63, 3.8) is 0 Å². The molecule has 9 heteroatoms. The molecule has 0 unspecified atom stereocenters. The molecule has 0 radical (unpaired) electrons. The summed E-state index contributed by atoms with van der Waals surface area (Å²) in [6, 6.07) is 11.7. The first-order chi connectivity index (χ1) is 12.8. The second-order valence-corrected chi connectivity index (χ2v) is 6.52. The van der Waals surface area contributed by atoms with E-state index in [4.69, 9.17) is 51.5 Å². The predicted octanol–water partition coefficient (Wildman–Crippen LogP) is 5.71. The van der Waals surface area contributed by atoms with Crippen LogP contribution in [0.2, 0.25) is 20.4 Å². The lowest BCUT2D eigenvalue weighted by molar-refractivity contribution is 0.0696. The van der Waals surface area contributed by atoms with Crippen LogP contribution in [0.25, 0.3) is 0 Å². The minimum atomic E-state index is -1.07. The largest absolute Gasteiger partial charge is 0.478 e. The van der Waals surface area contributed by atoms with Gasteiger partial charge >= 0.3 is 5.97 Å². The van der Waals surface area contributed by atoms with E-state index in [1.54, 1.807) is 24.3 Å². The third kappa shape index (κ3) is 5.91. The molecule has 0 atom stereocenters. The first-order valence-electron chi connectivity index (χ1n) is 7.24.